The summed E-state index contributed by atoms with van der Waals surface area (Å²) in [5.74, 6) is -0.431. The highest BCUT2D eigenvalue weighted by Gasteiger charge is 2.34. The molecule has 34 heavy (non-hydrogen) atoms. The third kappa shape index (κ3) is 6.59. The van der Waals surface area contributed by atoms with Gasteiger partial charge in [0, 0.05) is 24.2 Å². The van der Waals surface area contributed by atoms with Gasteiger partial charge in [-0.25, -0.2) is 4.98 Å². The Morgan fingerprint density at radius 3 is 2.21 bits per heavy atom. The maximum atomic E-state index is 13.1. The highest BCUT2D eigenvalue weighted by Crippen LogP contribution is 2.30. The highest BCUT2D eigenvalue weighted by molar-refractivity contribution is 5.85. The first-order valence-corrected chi connectivity index (χ1v) is 11.1. The first kappa shape index (κ1) is 25.3. The van der Waals surface area contributed by atoms with E-state index >= 15 is 0 Å². The molecule has 0 saturated carbocycles. The summed E-state index contributed by atoms with van der Waals surface area (Å²) in [4.78, 5) is 16.8. The fourth-order valence-electron chi connectivity index (χ4n) is 3.66. The summed E-state index contributed by atoms with van der Waals surface area (Å²) >= 11 is 0. The largest absolute Gasteiger partial charge is 0.462 e. The van der Waals surface area contributed by atoms with Crippen LogP contribution < -0.4 is 10.1 Å². The van der Waals surface area contributed by atoms with Gasteiger partial charge in [0.1, 0.15) is 0 Å². The van der Waals surface area contributed by atoms with Crippen molar-refractivity contribution in [3.63, 3.8) is 0 Å². The van der Waals surface area contributed by atoms with E-state index in [9.17, 15) is 18.0 Å². The van der Waals surface area contributed by atoms with Crippen molar-refractivity contribution in [3.8, 4) is 5.88 Å². The molecule has 0 saturated heterocycles. The average molecular weight is 471 g/mol. The molecule has 3 rings (SSSR count). The molecule has 1 amide bonds. The zero-order valence-corrected chi connectivity index (χ0v) is 19.7. The van der Waals surface area contributed by atoms with E-state index in [1.165, 1.54) is 5.56 Å². The average Bonchev–Trinajstić information content (AvgIpc) is 2.78. The van der Waals surface area contributed by atoms with Crippen molar-refractivity contribution in [3.05, 3.63) is 95.2 Å². The van der Waals surface area contributed by atoms with E-state index in [0.29, 0.717) is 6.20 Å². The van der Waals surface area contributed by atoms with E-state index in [1.807, 2.05) is 44.2 Å². The van der Waals surface area contributed by atoms with Crippen molar-refractivity contribution in [2.24, 2.45) is 0 Å². The minimum absolute atomic E-state index is 0.00727. The van der Waals surface area contributed by atoms with Crippen LogP contribution in [0.2, 0.25) is 0 Å². The van der Waals surface area contributed by atoms with Crippen molar-refractivity contribution in [2.45, 2.75) is 57.9 Å². The molecule has 0 fully saturated rings. The number of rotatable bonds is 8. The maximum absolute atomic E-state index is 13.1. The molecule has 180 valence electrons. The number of aryl methyl sites for hydroxylation is 1. The molecule has 0 aliphatic rings. The summed E-state index contributed by atoms with van der Waals surface area (Å²) in [5, 5.41) is 3.03. The number of hydrogen-bond acceptors (Lipinski definition) is 3. The minimum Gasteiger partial charge on any atom is -0.462 e. The number of aromatic nitrogens is 1. The topological polar surface area (TPSA) is 51.2 Å². The number of ether oxygens (including phenoxy) is 1. The first-order chi connectivity index (χ1) is 16.0. The van der Waals surface area contributed by atoms with Gasteiger partial charge in [-0.2, -0.15) is 13.2 Å². The molecular weight excluding hydrogens is 441 g/mol. The van der Waals surface area contributed by atoms with Crippen molar-refractivity contribution in [1.82, 2.24) is 10.3 Å². The molecule has 2 atom stereocenters. The fourth-order valence-corrected chi connectivity index (χ4v) is 3.66. The van der Waals surface area contributed by atoms with Gasteiger partial charge < -0.3 is 10.1 Å². The monoisotopic (exact) mass is 470 g/mol. The molecule has 0 radical (unpaired) electrons. The van der Waals surface area contributed by atoms with E-state index in [0.717, 1.165) is 29.7 Å². The Morgan fingerprint density at radius 1 is 1.00 bits per heavy atom. The third-order valence-electron chi connectivity index (χ3n) is 5.74. The number of halogens is 3. The third-order valence-corrected chi connectivity index (χ3v) is 5.74. The van der Waals surface area contributed by atoms with Crippen LogP contribution in [0.5, 0.6) is 5.88 Å². The Morgan fingerprint density at radius 2 is 1.65 bits per heavy atom. The molecule has 1 heterocycles. The van der Waals surface area contributed by atoms with E-state index in [2.05, 4.69) is 34.6 Å². The molecule has 1 unspecified atom stereocenters. The van der Waals surface area contributed by atoms with Crippen LogP contribution in [0.25, 0.3) is 0 Å². The van der Waals surface area contributed by atoms with Gasteiger partial charge in [0.05, 0.1) is 5.56 Å². The van der Waals surface area contributed by atoms with Gasteiger partial charge in [0.25, 0.3) is 5.91 Å². The number of nitrogens with zero attached hydrogens (tertiary/aromatic N) is 1. The van der Waals surface area contributed by atoms with Crippen molar-refractivity contribution >= 4 is 5.91 Å². The number of carbonyl (C=O) groups excluding carboxylic acids is 1. The van der Waals surface area contributed by atoms with E-state index in [4.69, 9.17) is 4.74 Å². The lowest BCUT2D eigenvalue weighted by Crippen LogP contribution is -2.51. The second-order valence-corrected chi connectivity index (χ2v) is 8.96. The second-order valence-electron chi connectivity index (χ2n) is 8.96. The van der Waals surface area contributed by atoms with Crippen molar-refractivity contribution in [2.75, 3.05) is 0 Å². The normalized spacial score (nSPS) is 13.7. The molecule has 3 aromatic rings. The summed E-state index contributed by atoms with van der Waals surface area (Å²) in [6, 6.07) is 20.0. The van der Waals surface area contributed by atoms with Gasteiger partial charge >= 0.3 is 6.18 Å². The van der Waals surface area contributed by atoms with Crippen LogP contribution in [-0.4, -0.2) is 22.5 Å². The Labute approximate surface area is 198 Å². The van der Waals surface area contributed by atoms with Crippen LogP contribution in [0.1, 0.15) is 48.9 Å². The zero-order valence-electron chi connectivity index (χ0n) is 19.7. The molecule has 0 aliphatic carbocycles. The summed E-state index contributed by atoms with van der Waals surface area (Å²) in [7, 11) is 0. The lowest BCUT2D eigenvalue weighted by molar-refractivity contribution is -0.138. The van der Waals surface area contributed by atoms with Gasteiger partial charge in [-0.3, -0.25) is 4.79 Å². The van der Waals surface area contributed by atoms with Gasteiger partial charge in [-0.05, 0) is 51.3 Å². The van der Waals surface area contributed by atoms with Crippen LogP contribution >= 0.6 is 0 Å². The number of amides is 1. The van der Waals surface area contributed by atoms with Gasteiger partial charge in [0.2, 0.25) is 5.88 Å². The quantitative estimate of drug-likeness (QED) is 0.433. The van der Waals surface area contributed by atoms with Crippen LogP contribution in [0.3, 0.4) is 0 Å². The molecule has 1 aromatic heterocycles. The molecule has 7 heteroatoms. The van der Waals surface area contributed by atoms with Gasteiger partial charge in [-0.1, -0.05) is 60.2 Å². The summed E-state index contributed by atoms with van der Waals surface area (Å²) in [6.07, 6.45) is -3.07. The number of carbonyl (C=O) groups is 1. The number of hydrogen-bond donors (Lipinski definition) is 1. The molecule has 4 nitrogen and oxygen atoms in total. The van der Waals surface area contributed by atoms with Gasteiger partial charge in [-0.15, -0.1) is 0 Å². The molecule has 1 N–H and O–H groups in total. The predicted molar refractivity (Wildman–Crippen MR) is 126 cm³/mol. The number of pyridine rings is 1. The first-order valence-electron chi connectivity index (χ1n) is 11.1. The van der Waals surface area contributed by atoms with Crippen LogP contribution in [0.4, 0.5) is 13.2 Å². The molecule has 0 bridgehead atoms. The SMILES string of the molecule is Cc1ccc(CC(c2ccccc2)[C@H](C)NC(=O)C(C)(C)Oc2ccc(C(F)(F)F)cn2)cc1. The highest BCUT2D eigenvalue weighted by atomic mass is 19.4. The molecule has 0 aliphatic heterocycles. The Balaban J connectivity index is 1.73. The van der Waals surface area contributed by atoms with Crippen molar-refractivity contribution in [1.29, 1.82) is 0 Å². The molecule has 0 spiro atoms. The number of alkyl halides is 3. The van der Waals surface area contributed by atoms with E-state index in [-0.39, 0.29) is 23.7 Å². The second kappa shape index (κ2) is 10.3. The minimum atomic E-state index is -4.49. The lowest BCUT2D eigenvalue weighted by Gasteiger charge is -2.30. The molecule has 2 aromatic carbocycles. The standard InChI is InChI=1S/C27H29F3N2O2/c1-18-10-12-20(13-11-18)16-23(21-8-6-5-7-9-21)19(2)32-25(33)26(3,4)34-24-15-14-22(17-31-24)27(28,29)30/h5-15,17,19,23H,16H2,1-4H3,(H,32,33)/t19-,23?/m0/s1. The Kier molecular flexibility index (Phi) is 7.64. The Bertz CT molecular complexity index is 1080. The maximum Gasteiger partial charge on any atom is 0.417 e. The van der Waals surface area contributed by atoms with E-state index < -0.39 is 17.3 Å². The fraction of sp³-hybridized carbons (Fsp3) is 0.333. The molecular formula is C27H29F3N2O2. The van der Waals surface area contributed by atoms with E-state index in [1.54, 1.807) is 13.8 Å². The Hall–Kier alpha value is -3.35. The van der Waals surface area contributed by atoms with Crippen LogP contribution in [0.15, 0.2) is 72.9 Å². The summed E-state index contributed by atoms with van der Waals surface area (Å²) in [6.45, 7) is 7.10. The zero-order chi connectivity index (χ0) is 24.9. The summed E-state index contributed by atoms with van der Waals surface area (Å²) < 4.78 is 44.0. The summed E-state index contributed by atoms with van der Waals surface area (Å²) in [5.41, 5.74) is 1.21. The number of nitrogens with one attached hydrogen (secondary N) is 1. The smallest absolute Gasteiger partial charge is 0.417 e. The van der Waals surface area contributed by atoms with Crippen LogP contribution in [0, 0.1) is 6.92 Å². The number of benzene rings is 2. The van der Waals surface area contributed by atoms with Crippen molar-refractivity contribution < 1.29 is 22.7 Å². The predicted octanol–water partition coefficient (Wildman–Crippen LogP) is 6.10. The lowest BCUT2D eigenvalue weighted by atomic mass is 9.86. The van der Waals surface area contributed by atoms with Crippen LogP contribution in [-0.2, 0) is 17.4 Å². The van der Waals surface area contributed by atoms with Gasteiger partial charge in [0.15, 0.2) is 5.60 Å².